The van der Waals surface area contributed by atoms with Gasteiger partial charge in [0.2, 0.25) is 6.17 Å². The Morgan fingerprint density at radius 2 is 1.61 bits per heavy atom. The molecule has 9 nitrogen and oxygen atoms in total. The highest BCUT2D eigenvalue weighted by Gasteiger charge is 2.41. The summed E-state index contributed by atoms with van der Waals surface area (Å²) in [5.74, 6) is -1.27. The van der Waals surface area contributed by atoms with Gasteiger partial charge in [0.05, 0.1) is 16.3 Å². The fourth-order valence-electron chi connectivity index (χ4n) is 3.83. The lowest BCUT2D eigenvalue weighted by atomic mass is 10.0. The Kier molecular flexibility index (Phi) is 6.43. The Balaban J connectivity index is 1.95. The van der Waals surface area contributed by atoms with E-state index in [1.165, 1.54) is 18.2 Å². The molecule has 0 N–H and O–H groups in total. The highest BCUT2D eigenvalue weighted by atomic mass is 19.4. The van der Waals surface area contributed by atoms with Crippen LogP contribution in [-0.2, 0) is 4.79 Å². The van der Waals surface area contributed by atoms with Crippen LogP contribution in [0.3, 0.4) is 0 Å². The Labute approximate surface area is 201 Å². The second-order valence-electron chi connectivity index (χ2n) is 7.68. The average Bonchev–Trinajstić information content (AvgIpc) is 2.95. The molecule has 36 heavy (non-hydrogen) atoms. The number of nitrogens with zero attached hydrogens (tertiary/aromatic N) is 4. The molecule has 1 atom stereocenters. The number of aliphatic imine (C=N–C) groups is 1. The van der Waals surface area contributed by atoms with Crippen LogP contribution in [0.15, 0.2) is 83.9 Å². The minimum atomic E-state index is -4.82. The third kappa shape index (κ3) is 4.87. The van der Waals surface area contributed by atoms with Crippen LogP contribution < -0.4 is 14.9 Å². The van der Waals surface area contributed by atoms with Crippen LogP contribution in [0.2, 0.25) is 0 Å². The van der Waals surface area contributed by atoms with E-state index in [-0.39, 0.29) is 28.3 Å². The SMILES string of the molecule is O=C1[C@@H](N(C(=O)[O-])c2ccc([N+](=O)[O-])cc2)N=C(c2ccccc2)c2ccccc2N1CC(F)(F)F. The van der Waals surface area contributed by atoms with Gasteiger partial charge in [-0.25, -0.2) is 4.99 Å². The number of hydrogen-bond donors (Lipinski definition) is 0. The largest absolute Gasteiger partial charge is 0.530 e. The highest BCUT2D eigenvalue weighted by molar-refractivity contribution is 6.21. The van der Waals surface area contributed by atoms with Crippen LogP contribution in [0.5, 0.6) is 0 Å². The smallest absolute Gasteiger partial charge is 0.406 e. The molecule has 0 aliphatic carbocycles. The molecule has 0 aromatic heterocycles. The molecule has 3 aromatic rings. The van der Waals surface area contributed by atoms with Crippen molar-refractivity contribution in [2.75, 3.05) is 16.3 Å². The number of amides is 2. The van der Waals surface area contributed by atoms with E-state index in [1.807, 2.05) is 0 Å². The number of nitro benzene ring substituents is 1. The van der Waals surface area contributed by atoms with E-state index in [9.17, 15) is 38.0 Å². The molecule has 1 aliphatic heterocycles. The van der Waals surface area contributed by atoms with Gasteiger partial charge < -0.3 is 9.90 Å². The summed E-state index contributed by atoms with van der Waals surface area (Å²) >= 11 is 0. The van der Waals surface area contributed by atoms with E-state index in [1.54, 1.807) is 36.4 Å². The van der Waals surface area contributed by atoms with E-state index in [4.69, 9.17) is 0 Å². The van der Waals surface area contributed by atoms with Crippen LogP contribution >= 0.6 is 0 Å². The number of rotatable bonds is 5. The molecule has 0 unspecified atom stereocenters. The van der Waals surface area contributed by atoms with Gasteiger partial charge in [0.25, 0.3) is 11.6 Å². The number of halogens is 3. The van der Waals surface area contributed by atoms with Crippen molar-refractivity contribution in [2.24, 2.45) is 4.99 Å². The van der Waals surface area contributed by atoms with Gasteiger partial charge in [0, 0.05) is 28.9 Å². The molecule has 4 rings (SSSR count). The first kappa shape index (κ1) is 24.4. The van der Waals surface area contributed by atoms with Crippen molar-refractivity contribution in [3.63, 3.8) is 0 Å². The summed E-state index contributed by atoms with van der Waals surface area (Å²) in [4.78, 5) is 41.2. The summed E-state index contributed by atoms with van der Waals surface area (Å²) in [5.41, 5.74) is -0.00411. The molecule has 2 amide bonds. The molecule has 184 valence electrons. The molecule has 0 radical (unpaired) electrons. The molecule has 0 bridgehead atoms. The number of hydrogen-bond acceptors (Lipinski definition) is 6. The number of non-ortho nitro benzene ring substituents is 1. The molecule has 12 heteroatoms. The molecule has 0 saturated heterocycles. The quantitative estimate of drug-likeness (QED) is 0.395. The maximum atomic E-state index is 13.6. The molecule has 1 aliphatic rings. The second-order valence-corrected chi connectivity index (χ2v) is 7.68. The number of para-hydroxylation sites is 1. The van der Waals surface area contributed by atoms with E-state index < -0.39 is 35.8 Å². The number of nitro groups is 1. The Morgan fingerprint density at radius 1 is 1.00 bits per heavy atom. The van der Waals surface area contributed by atoms with E-state index in [2.05, 4.69) is 4.99 Å². The number of anilines is 2. The van der Waals surface area contributed by atoms with Crippen LogP contribution in [-0.4, -0.2) is 41.5 Å². The third-order valence-electron chi connectivity index (χ3n) is 5.35. The van der Waals surface area contributed by atoms with Crippen molar-refractivity contribution in [1.82, 2.24) is 0 Å². The number of carbonyl (C=O) groups is 2. The monoisotopic (exact) mass is 497 g/mol. The zero-order valence-electron chi connectivity index (χ0n) is 18.3. The fraction of sp³-hybridized carbons (Fsp3) is 0.125. The van der Waals surface area contributed by atoms with Crippen LogP contribution in [0, 0.1) is 10.1 Å². The van der Waals surface area contributed by atoms with Gasteiger partial charge in [0.1, 0.15) is 12.6 Å². The summed E-state index contributed by atoms with van der Waals surface area (Å²) < 4.78 is 40.7. The second kappa shape index (κ2) is 9.49. The van der Waals surface area contributed by atoms with Crippen molar-refractivity contribution in [3.05, 3.63) is 100 Å². The zero-order valence-corrected chi connectivity index (χ0v) is 18.3. The summed E-state index contributed by atoms with van der Waals surface area (Å²) in [6.45, 7) is -1.70. The lowest BCUT2D eigenvalue weighted by Gasteiger charge is -2.33. The molecule has 0 fully saturated rings. The first-order chi connectivity index (χ1) is 17.1. The van der Waals surface area contributed by atoms with Crippen molar-refractivity contribution in [2.45, 2.75) is 12.3 Å². The number of carbonyl (C=O) groups excluding carboxylic acids is 2. The normalized spacial score (nSPS) is 15.5. The molecule has 1 heterocycles. The Hall–Kier alpha value is -4.74. The lowest BCUT2D eigenvalue weighted by molar-refractivity contribution is -0.384. The third-order valence-corrected chi connectivity index (χ3v) is 5.35. The highest BCUT2D eigenvalue weighted by Crippen LogP contribution is 2.33. The van der Waals surface area contributed by atoms with Crippen molar-refractivity contribution in [3.8, 4) is 0 Å². The van der Waals surface area contributed by atoms with Gasteiger partial charge >= 0.3 is 6.18 Å². The fourth-order valence-corrected chi connectivity index (χ4v) is 3.83. The van der Waals surface area contributed by atoms with Gasteiger partial charge in [-0.05, 0) is 18.2 Å². The lowest BCUT2D eigenvalue weighted by Crippen LogP contribution is -2.55. The summed E-state index contributed by atoms with van der Waals surface area (Å²) in [7, 11) is 0. The van der Waals surface area contributed by atoms with Crippen LogP contribution in [0.25, 0.3) is 0 Å². The summed E-state index contributed by atoms with van der Waals surface area (Å²) in [6.07, 6.45) is -8.76. The first-order valence-corrected chi connectivity index (χ1v) is 10.4. The standard InChI is InChI=1S/C24H17F3N4O5/c25-24(26,27)14-29-19-9-5-4-8-18(19)20(15-6-2-1-3-7-15)28-21(22(29)32)30(23(33)34)16-10-12-17(13-11-16)31(35)36/h1-13,21H,14H2,(H,33,34)/p-1/t21-/m1/s1. The van der Waals surface area contributed by atoms with E-state index >= 15 is 0 Å². The van der Waals surface area contributed by atoms with Crippen molar-refractivity contribution < 1.29 is 32.8 Å². The number of carboxylic acid groups (broad SMARTS) is 1. The topological polar surface area (TPSA) is 119 Å². The Morgan fingerprint density at radius 3 is 2.19 bits per heavy atom. The van der Waals surface area contributed by atoms with Gasteiger partial charge in [-0.15, -0.1) is 0 Å². The first-order valence-electron chi connectivity index (χ1n) is 10.4. The molecule has 0 spiro atoms. The zero-order chi connectivity index (χ0) is 26.0. The average molecular weight is 497 g/mol. The number of fused-ring (bicyclic) bond motifs is 1. The van der Waals surface area contributed by atoms with E-state index in [0.29, 0.717) is 15.4 Å². The Bertz CT molecular complexity index is 1340. The number of benzodiazepines with no additional fused rings is 1. The van der Waals surface area contributed by atoms with Gasteiger partial charge in [-0.2, -0.15) is 13.2 Å². The van der Waals surface area contributed by atoms with Crippen LogP contribution in [0.1, 0.15) is 11.1 Å². The maximum Gasteiger partial charge on any atom is 0.406 e. The molecule has 0 saturated carbocycles. The van der Waals surface area contributed by atoms with Gasteiger partial charge in [0.15, 0.2) is 0 Å². The predicted molar refractivity (Wildman–Crippen MR) is 122 cm³/mol. The number of benzene rings is 3. The summed E-state index contributed by atoms with van der Waals surface area (Å²) in [5, 5.41) is 23.2. The molecule has 3 aromatic carbocycles. The molecular formula is C24H16F3N4O5-. The van der Waals surface area contributed by atoms with Gasteiger partial charge in [-0.3, -0.25) is 24.7 Å². The maximum absolute atomic E-state index is 13.6. The van der Waals surface area contributed by atoms with Crippen LogP contribution in [0.4, 0.5) is 35.0 Å². The molecular weight excluding hydrogens is 481 g/mol. The van der Waals surface area contributed by atoms with E-state index in [0.717, 1.165) is 24.3 Å². The predicted octanol–water partition coefficient (Wildman–Crippen LogP) is 3.52. The van der Waals surface area contributed by atoms with Gasteiger partial charge in [-0.1, -0.05) is 48.5 Å². The minimum Gasteiger partial charge on any atom is -0.530 e. The van der Waals surface area contributed by atoms with Crippen molar-refractivity contribution >= 4 is 34.8 Å². The van der Waals surface area contributed by atoms with Crippen molar-refractivity contribution in [1.29, 1.82) is 0 Å². The summed E-state index contributed by atoms with van der Waals surface area (Å²) in [6, 6.07) is 18.1. The minimum absolute atomic E-state index is 0.0855. The number of alkyl halides is 3.